The average Bonchev–Trinajstić information content (AvgIpc) is 2.45. The summed E-state index contributed by atoms with van der Waals surface area (Å²) in [5.41, 5.74) is 3.53. The molecule has 0 unspecified atom stereocenters. The van der Waals surface area contributed by atoms with Gasteiger partial charge >= 0.3 is 0 Å². The van der Waals surface area contributed by atoms with E-state index in [1.54, 1.807) is 12.1 Å². The highest BCUT2D eigenvalue weighted by Gasteiger charge is 2.05. The molecular weight excluding hydrogens is 348 g/mol. The van der Waals surface area contributed by atoms with E-state index in [0.29, 0.717) is 10.6 Å². The van der Waals surface area contributed by atoms with E-state index in [0.717, 1.165) is 21.3 Å². The molecule has 0 aliphatic carbocycles. The van der Waals surface area contributed by atoms with Crippen molar-refractivity contribution in [2.45, 2.75) is 0 Å². The monoisotopic (exact) mass is 360 g/mol. The van der Waals surface area contributed by atoms with Crippen LogP contribution in [-0.2, 0) is 0 Å². The van der Waals surface area contributed by atoms with Crippen molar-refractivity contribution in [3.8, 4) is 6.07 Å². The smallest absolute Gasteiger partial charge is 0.0998 e. The molecule has 0 heterocycles. The van der Waals surface area contributed by atoms with Crippen LogP contribution < -0.4 is 4.90 Å². The summed E-state index contributed by atoms with van der Waals surface area (Å²) in [4.78, 5) is 2.03. The van der Waals surface area contributed by atoms with Gasteiger partial charge in [-0.05, 0) is 57.4 Å². The highest BCUT2D eigenvalue weighted by atomic mass is 79.9. The van der Waals surface area contributed by atoms with E-state index >= 15 is 0 Å². The lowest BCUT2D eigenvalue weighted by Gasteiger charge is -2.14. The van der Waals surface area contributed by atoms with Gasteiger partial charge in [-0.25, -0.2) is 0 Å². The largest absolute Gasteiger partial charge is 0.377 e. The normalized spacial score (nSPS) is 11.1. The second-order valence-electron chi connectivity index (χ2n) is 4.78. The zero-order chi connectivity index (χ0) is 15.4. The SMILES string of the molecule is CN(C)c1ccc(/C=C(/C#N)c2ccc(Cl)cc2)cc1Br. The first kappa shape index (κ1) is 15.6. The average molecular weight is 362 g/mol. The molecule has 0 fully saturated rings. The maximum absolute atomic E-state index is 9.35. The highest BCUT2D eigenvalue weighted by molar-refractivity contribution is 9.10. The minimum absolute atomic E-state index is 0.608. The quantitative estimate of drug-likeness (QED) is 0.552. The fraction of sp³-hybridized carbons (Fsp3) is 0.118. The van der Waals surface area contributed by atoms with Crippen LogP contribution in [0.2, 0.25) is 5.02 Å². The summed E-state index contributed by atoms with van der Waals surface area (Å²) in [5, 5.41) is 10.0. The summed E-state index contributed by atoms with van der Waals surface area (Å²) in [6, 6.07) is 15.5. The molecular formula is C17H14BrClN2. The van der Waals surface area contributed by atoms with E-state index in [1.807, 2.05) is 55.4 Å². The Morgan fingerprint density at radius 3 is 2.38 bits per heavy atom. The van der Waals surface area contributed by atoms with Gasteiger partial charge in [-0.1, -0.05) is 29.8 Å². The third kappa shape index (κ3) is 3.87. The van der Waals surface area contributed by atoms with E-state index in [2.05, 4.69) is 22.0 Å². The van der Waals surface area contributed by atoms with Crippen molar-refractivity contribution in [3.63, 3.8) is 0 Å². The fourth-order valence-electron chi connectivity index (χ4n) is 1.95. The Kier molecular flexibility index (Phi) is 5.06. The number of hydrogen-bond acceptors (Lipinski definition) is 2. The predicted molar refractivity (Wildman–Crippen MR) is 93.4 cm³/mol. The van der Waals surface area contributed by atoms with Gasteiger partial charge in [0.1, 0.15) is 0 Å². The molecule has 0 bridgehead atoms. The Labute approximate surface area is 138 Å². The number of nitrogens with zero attached hydrogens (tertiary/aromatic N) is 2. The number of rotatable bonds is 3. The minimum atomic E-state index is 0.608. The van der Waals surface area contributed by atoms with Gasteiger partial charge in [-0.15, -0.1) is 0 Å². The number of nitriles is 1. The molecule has 0 atom stereocenters. The Bertz CT molecular complexity index is 713. The van der Waals surface area contributed by atoms with Crippen LogP contribution in [0.3, 0.4) is 0 Å². The van der Waals surface area contributed by atoms with E-state index < -0.39 is 0 Å². The molecule has 0 spiro atoms. The van der Waals surface area contributed by atoms with Crippen molar-refractivity contribution in [3.05, 3.63) is 63.1 Å². The van der Waals surface area contributed by atoms with Gasteiger partial charge in [0.15, 0.2) is 0 Å². The molecule has 2 nitrogen and oxygen atoms in total. The van der Waals surface area contributed by atoms with Crippen LogP contribution in [0.15, 0.2) is 46.9 Å². The van der Waals surface area contributed by atoms with Gasteiger partial charge in [0.05, 0.1) is 17.3 Å². The first-order chi connectivity index (χ1) is 10.0. The lowest BCUT2D eigenvalue weighted by molar-refractivity contribution is 1.12. The molecule has 2 aromatic rings. The first-order valence-corrected chi connectivity index (χ1v) is 7.53. The van der Waals surface area contributed by atoms with Crippen molar-refractivity contribution >= 4 is 44.9 Å². The molecule has 106 valence electrons. The summed E-state index contributed by atoms with van der Waals surface area (Å²) in [6.07, 6.45) is 1.87. The van der Waals surface area contributed by atoms with E-state index in [1.165, 1.54) is 0 Å². The molecule has 2 aromatic carbocycles. The maximum Gasteiger partial charge on any atom is 0.0998 e. The Morgan fingerprint density at radius 1 is 1.19 bits per heavy atom. The molecule has 2 rings (SSSR count). The van der Waals surface area contributed by atoms with Gasteiger partial charge in [0, 0.05) is 23.6 Å². The van der Waals surface area contributed by atoms with Crippen LogP contribution in [-0.4, -0.2) is 14.1 Å². The van der Waals surface area contributed by atoms with Gasteiger partial charge in [-0.2, -0.15) is 5.26 Å². The van der Waals surface area contributed by atoms with Crippen LogP contribution in [0.25, 0.3) is 11.6 Å². The van der Waals surface area contributed by atoms with Gasteiger partial charge in [0.25, 0.3) is 0 Å². The Balaban J connectivity index is 2.39. The topological polar surface area (TPSA) is 27.0 Å². The Morgan fingerprint density at radius 2 is 1.86 bits per heavy atom. The summed E-state index contributed by atoms with van der Waals surface area (Å²) in [7, 11) is 3.98. The second kappa shape index (κ2) is 6.80. The standard InChI is InChI=1S/C17H14BrClN2/c1-21(2)17-8-3-12(10-16(17)18)9-14(11-20)13-4-6-15(19)7-5-13/h3-10H,1-2H3/b14-9-. The number of benzene rings is 2. The third-order valence-electron chi connectivity index (χ3n) is 3.04. The van der Waals surface area contributed by atoms with Crippen molar-refractivity contribution in [2.24, 2.45) is 0 Å². The summed E-state index contributed by atoms with van der Waals surface area (Å²) >= 11 is 9.43. The number of allylic oxidation sites excluding steroid dienone is 1. The second-order valence-corrected chi connectivity index (χ2v) is 6.07. The molecule has 21 heavy (non-hydrogen) atoms. The number of hydrogen-bond donors (Lipinski definition) is 0. The fourth-order valence-corrected chi connectivity index (χ4v) is 2.83. The van der Waals surface area contributed by atoms with Crippen molar-refractivity contribution in [1.82, 2.24) is 0 Å². The first-order valence-electron chi connectivity index (χ1n) is 6.36. The molecule has 0 radical (unpaired) electrons. The zero-order valence-corrected chi connectivity index (χ0v) is 14.1. The van der Waals surface area contributed by atoms with Gasteiger partial charge < -0.3 is 4.90 Å². The number of halogens is 2. The lowest BCUT2D eigenvalue weighted by atomic mass is 10.0. The summed E-state index contributed by atoms with van der Waals surface area (Å²) in [5.74, 6) is 0. The van der Waals surface area contributed by atoms with Crippen molar-refractivity contribution in [1.29, 1.82) is 5.26 Å². The third-order valence-corrected chi connectivity index (χ3v) is 3.93. The molecule has 0 saturated heterocycles. The summed E-state index contributed by atoms with van der Waals surface area (Å²) in [6.45, 7) is 0. The van der Waals surface area contributed by atoms with Gasteiger partial charge in [0.2, 0.25) is 0 Å². The lowest BCUT2D eigenvalue weighted by Crippen LogP contribution is -2.09. The minimum Gasteiger partial charge on any atom is -0.377 e. The molecule has 0 aromatic heterocycles. The van der Waals surface area contributed by atoms with Crippen LogP contribution in [0.5, 0.6) is 0 Å². The van der Waals surface area contributed by atoms with Gasteiger partial charge in [-0.3, -0.25) is 0 Å². The Hall–Kier alpha value is -1.76. The van der Waals surface area contributed by atoms with Crippen LogP contribution >= 0.6 is 27.5 Å². The van der Waals surface area contributed by atoms with Crippen molar-refractivity contribution < 1.29 is 0 Å². The van der Waals surface area contributed by atoms with Crippen LogP contribution in [0, 0.1) is 11.3 Å². The van der Waals surface area contributed by atoms with Crippen LogP contribution in [0.4, 0.5) is 5.69 Å². The molecule has 0 N–H and O–H groups in total. The molecule has 0 amide bonds. The predicted octanol–water partition coefficient (Wildman–Crippen LogP) is 5.23. The van der Waals surface area contributed by atoms with E-state index in [4.69, 9.17) is 11.6 Å². The van der Waals surface area contributed by atoms with Crippen LogP contribution in [0.1, 0.15) is 11.1 Å². The van der Waals surface area contributed by atoms with Crippen molar-refractivity contribution in [2.75, 3.05) is 19.0 Å². The highest BCUT2D eigenvalue weighted by Crippen LogP contribution is 2.28. The molecule has 0 saturated carbocycles. The molecule has 0 aliphatic heterocycles. The summed E-state index contributed by atoms with van der Waals surface area (Å²) < 4.78 is 0.995. The maximum atomic E-state index is 9.35. The molecule has 0 aliphatic rings. The van der Waals surface area contributed by atoms with E-state index in [9.17, 15) is 5.26 Å². The molecule has 4 heteroatoms. The zero-order valence-electron chi connectivity index (χ0n) is 11.8. The number of anilines is 1. The van der Waals surface area contributed by atoms with E-state index in [-0.39, 0.29) is 0 Å².